The predicted octanol–water partition coefficient (Wildman–Crippen LogP) is -3.54. The van der Waals surface area contributed by atoms with Gasteiger partial charge in [0.1, 0.15) is 18.1 Å². The van der Waals surface area contributed by atoms with Crippen LogP contribution >= 0.6 is 24.4 Å². The van der Waals surface area contributed by atoms with Crippen molar-refractivity contribution in [2.24, 2.45) is 27.9 Å². The molecule has 0 saturated carbocycles. The molecule has 0 aromatic heterocycles. The molecule has 0 aromatic carbocycles. The average molecular weight is 523 g/mol. The highest BCUT2D eigenvalue weighted by Crippen LogP contribution is 2.04. The minimum atomic E-state index is -1.55. The minimum absolute atomic E-state index is 0.0748. The van der Waals surface area contributed by atoms with Gasteiger partial charge in [-0.1, -0.05) is 0 Å². The van der Waals surface area contributed by atoms with Crippen LogP contribution < -0.4 is 38.9 Å². The fraction of sp³-hybridized carbons (Fsp3) is 0.667. The number of aliphatic imine (C=N–C) groups is 1. The largest absolute Gasteiger partial charge is 0.480 e. The second-order valence-corrected chi connectivity index (χ2v) is 8.56. The second kappa shape index (κ2) is 16.8. The van der Waals surface area contributed by atoms with Crippen LogP contribution in [-0.4, -0.2) is 89.1 Å². The number of thioether (sulfide) groups is 1. The van der Waals surface area contributed by atoms with Crippen molar-refractivity contribution in [3.05, 3.63) is 0 Å². The molecule has 0 saturated heterocycles. The number of carbonyl (C=O) groups excluding carboxylic acids is 4. The molecule has 0 fully saturated rings. The van der Waals surface area contributed by atoms with E-state index in [9.17, 15) is 29.1 Å². The Morgan fingerprint density at radius 3 is 2.00 bits per heavy atom. The Hall–Kier alpha value is -2.72. The normalized spacial score (nSPS) is 14.1. The lowest BCUT2D eigenvalue weighted by Crippen LogP contribution is -2.58. The molecule has 0 radical (unpaired) electrons. The molecule has 0 aromatic rings. The smallest absolute Gasteiger partial charge is 0.326 e. The average Bonchev–Trinajstić information content (AvgIpc) is 2.76. The minimum Gasteiger partial charge on any atom is -0.480 e. The Labute approximate surface area is 207 Å². The first kappa shape index (κ1) is 31.3. The molecule has 4 unspecified atom stereocenters. The number of amides is 4. The van der Waals surface area contributed by atoms with Crippen molar-refractivity contribution in [3.63, 3.8) is 0 Å². The van der Waals surface area contributed by atoms with Gasteiger partial charge in [0, 0.05) is 12.3 Å². The number of nitrogens with one attached hydrogen (secondary N) is 3. The maximum atomic E-state index is 12.7. The summed E-state index contributed by atoms with van der Waals surface area (Å²) < 4.78 is 0. The lowest BCUT2D eigenvalue weighted by atomic mass is 10.1. The van der Waals surface area contributed by atoms with E-state index in [1.54, 1.807) is 6.26 Å². The third kappa shape index (κ3) is 13.1. The Morgan fingerprint density at radius 2 is 1.50 bits per heavy atom. The first-order valence-corrected chi connectivity index (χ1v) is 12.3. The number of thiol groups is 1. The van der Waals surface area contributed by atoms with Crippen LogP contribution in [0.15, 0.2) is 4.99 Å². The van der Waals surface area contributed by atoms with Gasteiger partial charge in [-0.25, -0.2) is 4.79 Å². The van der Waals surface area contributed by atoms with E-state index in [4.69, 9.17) is 22.9 Å². The van der Waals surface area contributed by atoms with Crippen LogP contribution in [-0.2, 0) is 24.0 Å². The van der Waals surface area contributed by atoms with E-state index in [1.165, 1.54) is 11.8 Å². The molecule has 0 bridgehead atoms. The lowest BCUT2D eigenvalue weighted by molar-refractivity contribution is -0.143. The molecule has 0 aliphatic rings. The third-order valence-electron chi connectivity index (χ3n) is 4.38. The van der Waals surface area contributed by atoms with Gasteiger partial charge in [-0.2, -0.15) is 24.4 Å². The highest BCUT2D eigenvalue weighted by molar-refractivity contribution is 7.98. The summed E-state index contributed by atoms with van der Waals surface area (Å²) >= 11 is 5.48. The maximum absolute atomic E-state index is 12.7. The van der Waals surface area contributed by atoms with Gasteiger partial charge in [-0.05, 0) is 31.3 Å². The van der Waals surface area contributed by atoms with Crippen LogP contribution in [0.2, 0.25) is 0 Å². The van der Waals surface area contributed by atoms with Gasteiger partial charge in [0.25, 0.3) is 0 Å². The summed E-state index contributed by atoms with van der Waals surface area (Å²) in [6, 6.07) is -4.70. The zero-order valence-corrected chi connectivity index (χ0v) is 20.6. The number of guanidine groups is 1. The summed E-state index contributed by atoms with van der Waals surface area (Å²) in [5.41, 5.74) is 21.3. The molecule has 4 amide bonds. The van der Waals surface area contributed by atoms with Gasteiger partial charge < -0.3 is 44.0 Å². The summed E-state index contributed by atoms with van der Waals surface area (Å²) in [6.07, 6.45) is 2.05. The maximum Gasteiger partial charge on any atom is 0.326 e. The second-order valence-electron chi connectivity index (χ2n) is 7.21. The molecule has 0 aliphatic carbocycles. The third-order valence-corrected chi connectivity index (χ3v) is 5.39. The fourth-order valence-electron chi connectivity index (χ4n) is 2.57. The number of aliphatic carboxylic acids is 1. The van der Waals surface area contributed by atoms with Gasteiger partial charge in [0.05, 0.1) is 12.5 Å². The zero-order chi connectivity index (χ0) is 26.3. The first-order chi connectivity index (χ1) is 15.9. The molecule has 0 aliphatic heterocycles. The quantitative estimate of drug-likeness (QED) is 0.0393. The van der Waals surface area contributed by atoms with Crippen LogP contribution in [0, 0.1) is 0 Å². The number of hydrogen-bond donors (Lipinski definition) is 9. The first-order valence-electron chi connectivity index (χ1n) is 10.3. The Morgan fingerprint density at radius 1 is 0.941 bits per heavy atom. The lowest BCUT2D eigenvalue weighted by Gasteiger charge is -2.24. The van der Waals surface area contributed by atoms with Gasteiger partial charge in [0.2, 0.25) is 23.6 Å². The van der Waals surface area contributed by atoms with Crippen molar-refractivity contribution in [3.8, 4) is 0 Å². The van der Waals surface area contributed by atoms with Crippen molar-refractivity contribution in [1.82, 2.24) is 16.0 Å². The molecule has 0 heterocycles. The van der Waals surface area contributed by atoms with E-state index in [0.29, 0.717) is 18.7 Å². The number of hydrogen-bond acceptors (Lipinski definition) is 9. The molecule has 0 rings (SSSR count). The monoisotopic (exact) mass is 522 g/mol. The van der Waals surface area contributed by atoms with Crippen molar-refractivity contribution >= 4 is 59.9 Å². The molecule has 16 heteroatoms. The van der Waals surface area contributed by atoms with Crippen LogP contribution in [0.25, 0.3) is 0 Å². The van der Waals surface area contributed by atoms with Crippen LogP contribution in [0.1, 0.15) is 25.7 Å². The summed E-state index contributed by atoms with van der Waals surface area (Å²) in [7, 11) is 0. The Bertz CT molecular complexity index is 750. The standard InChI is InChI=1S/C18H34N8O6S2/c1-34-6-4-10(15(29)25-11(17(31)32)7-13(20)27)24-16(30)12(8-33)26-14(28)9(19)3-2-5-23-18(21)22/h9-12,33H,2-8,19H2,1H3,(H2,20,27)(H,24,30)(H,25,29)(H,26,28)(H,31,32)(H4,21,22,23). The fourth-order valence-corrected chi connectivity index (χ4v) is 3.30. The summed E-state index contributed by atoms with van der Waals surface area (Å²) in [6.45, 7) is 0.291. The highest BCUT2D eigenvalue weighted by Gasteiger charge is 2.30. The van der Waals surface area contributed by atoms with E-state index >= 15 is 0 Å². The highest BCUT2D eigenvalue weighted by atomic mass is 32.2. The van der Waals surface area contributed by atoms with Crippen LogP contribution in [0.3, 0.4) is 0 Å². The molecule has 4 atom stereocenters. The van der Waals surface area contributed by atoms with Gasteiger partial charge in [-0.3, -0.25) is 24.2 Å². The van der Waals surface area contributed by atoms with Crippen LogP contribution in [0.5, 0.6) is 0 Å². The number of nitrogens with zero attached hydrogens (tertiary/aromatic N) is 1. The van der Waals surface area contributed by atoms with Crippen molar-refractivity contribution in [1.29, 1.82) is 0 Å². The number of rotatable bonds is 17. The molecular formula is C18H34N8O6S2. The SMILES string of the molecule is CSCCC(NC(=O)C(CS)NC(=O)C(N)CCCN=C(N)N)C(=O)NC(CC(N)=O)C(=O)O. The Kier molecular flexibility index (Phi) is 15.5. The number of primary amides is 1. The molecule has 12 N–H and O–H groups in total. The zero-order valence-electron chi connectivity index (χ0n) is 18.9. The van der Waals surface area contributed by atoms with Gasteiger partial charge in [0.15, 0.2) is 5.96 Å². The van der Waals surface area contributed by atoms with Crippen molar-refractivity contribution in [2.75, 3.05) is 24.3 Å². The van der Waals surface area contributed by atoms with Crippen LogP contribution in [0.4, 0.5) is 0 Å². The van der Waals surface area contributed by atoms with E-state index in [2.05, 4.69) is 33.6 Å². The number of nitrogens with two attached hydrogens (primary N) is 4. The topological polar surface area (TPSA) is 258 Å². The van der Waals surface area contributed by atoms with E-state index in [-0.39, 0.29) is 24.6 Å². The summed E-state index contributed by atoms with van der Waals surface area (Å²) in [5.74, 6) is -4.18. The molecule has 194 valence electrons. The molecule has 14 nitrogen and oxygen atoms in total. The van der Waals surface area contributed by atoms with Crippen molar-refractivity contribution < 1.29 is 29.1 Å². The van der Waals surface area contributed by atoms with E-state index < -0.39 is 60.2 Å². The number of carbonyl (C=O) groups is 5. The van der Waals surface area contributed by atoms with Crippen molar-refractivity contribution in [2.45, 2.75) is 49.9 Å². The van der Waals surface area contributed by atoms with Gasteiger partial charge in [-0.15, -0.1) is 0 Å². The summed E-state index contributed by atoms with van der Waals surface area (Å²) in [5, 5.41) is 16.3. The predicted molar refractivity (Wildman–Crippen MR) is 132 cm³/mol. The molecule has 0 spiro atoms. The molecule has 34 heavy (non-hydrogen) atoms. The number of carboxylic acids is 1. The number of carboxylic acid groups (broad SMARTS) is 1. The molecular weight excluding hydrogens is 488 g/mol. The van der Waals surface area contributed by atoms with E-state index in [1.807, 2.05) is 0 Å². The Balaban J connectivity index is 5.12. The van der Waals surface area contributed by atoms with E-state index in [0.717, 1.165) is 0 Å². The van der Waals surface area contributed by atoms with Gasteiger partial charge >= 0.3 is 5.97 Å². The summed E-state index contributed by atoms with van der Waals surface area (Å²) in [4.78, 5) is 63.8.